The molecular formula is C26H26FNO3. The Morgan fingerprint density at radius 1 is 0.968 bits per heavy atom. The van der Waals surface area contributed by atoms with Crippen molar-refractivity contribution < 1.29 is 18.7 Å². The van der Waals surface area contributed by atoms with E-state index < -0.39 is 0 Å². The van der Waals surface area contributed by atoms with Crippen molar-refractivity contribution in [2.24, 2.45) is 0 Å². The molecule has 160 valence electrons. The minimum absolute atomic E-state index is 0.184. The van der Waals surface area contributed by atoms with Crippen LogP contribution in [-0.4, -0.2) is 24.6 Å². The van der Waals surface area contributed by atoms with E-state index in [-0.39, 0.29) is 18.2 Å². The van der Waals surface area contributed by atoms with Gasteiger partial charge in [0.15, 0.2) is 0 Å². The molecule has 0 bridgehead atoms. The Kier molecular flexibility index (Phi) is 6.33. The van der Waals surface area contributed by atoms with Crippen LogP contribution in [0, 0.1) is 5.82 Å². The van der Waals surface area contributed by atoms with Gasteiger partial charge in [-0.1, -0.05) is 42.5 Å². The second-order valence-corrected chi connectivity index (χ2v) is 7.70. The number of hydrogen-bond acceptors (Lipinski definition) is 4. The van der Waals surface area contributed by atoms with Crippen molar-refractivity contribution in [3.8, 4) is 16.9 Å². The zero-order valence-corrected chi connectivity index (χ0v) is 17.9. The largest absolute Gasteiger partial charge is 0.496 e. The van der Waals surface area contributed by atoms with Crippen molar-refractivity contribution in [3.63, 3.8) is 0 Å². The first-order valence-electron chi connectivity index (χ1n) is 10.5. The van der Waals surface area contributed by atoms with E-state index in [1.807, 2.05) is 42.5 Å². The Hall–Kier alpha value is -3.18. The molecule has 0 saturated carbocycles. The van der Waals surface area contributed by atoms with Crippen molar-refractivity contribution in [2.45, 2.75) is 33.0 Å². The molecule has 0 radical (unpaired) electrons. The SMILES string of the molecule is CCOC(=O)Cc1ccc(OC)c(-c2ccc(F)c3c2CN(Cc2ccccc2)C3)c1. The van der Waals surface area contributed by atoms with Gasteiger partial charge in [0.1, 0.15) is 11.6 Å². The number of benzene rings is 3. The molecule has 1 aliphatic rings. The lowest BCUT2D eigenvalue weighted by atomic mass is 9.94. The summed E-state index contributed by atoms with van der Waals surface area (Å²) in [5.41, 5.74) is 5.54. The first-order valence-corrected chi connectivity index (χ1v) is 10.5. The van der Waals surface area contributed by atoms with Crippen molar-refractivity contribution in [3.05, 3.63) is 88.7 Å². The van der Waals surface area contributed by atoms with Crippen molar-refractivity contribution in [1.82, 2.24) is 4.90 Å². The van der Waals surface area contributed by atoms with Gasteiger partial charge < -0.3 is 9.47 Å². The van der Waals surface area contributed by atoms with E-state index in [9.17, 15) is 9.18 Å². The Labute approximate surface area is 182 Å². The van der Waals surface area contributed by atoms with Crippen molar-refractivity contribution in [1.29, 1.82) is 0 Å². The number of carbonyl (C=O) groups is 1. The van der Waals surface area contributed by atoms with Gasteiger partial charge in [-0.3, -0.25) is 9.69 Å². The van der Waals surface area contributed by atoms with Gasteiger partial charge in [-0.15, -0.1) is 0 Å². The number of ether oxygens (including phenoxy) is 2. The first-order chi connectivity index (χ1) is 15.1. The fourth-order valence-electron chi connectivity index (χ4n) is 4.18. The number of carbonyl (C=O) groups excluding carboxylic acids is 1. The number of esters is 1. The number of rotatable bonds is 7. The topological polar surface area (TPSA) is 38.8 Å². The summed E-state index contributed by atoms with van der Waals surface area (Å²) in [6.07, 6.45) is 0.189. The molecule has 0 atom stereocenters. The molecule has 4 rings (SSSR count). The van der Waals surface area contributed by atoms with Crippen LogP contribution in [-0.2, 0) is 35.6 Å². The summed E-state index contributed by atoms with van der Waals surface area (Å²) in [5, 5.41) is 0. The molecule has 4 nitrogen and oxygen atoms in total. The number of methoxy groups -OCH3 is 1. The molecule has 1 heterocycles. The van der Waals surface area contributed by atoms with Crippen molar-refractivity contribution >= 4 is 5.97 Å². The highest BCUT2D eigenvalue weighted by Crippen LogP contribution is 2.39. The molecule has 0 spiro atoms. The molecule has 31 heavy (non-hydrogen) atoms. The fraction of sp³-hybridized carbons (Fsp3) is 0.269. The zero-order chi connectivity index (χ0) is 21.8. The normalized spacial score (nSPS) is 13.1. The molecule has 3 aromatic carbocycles. The van der Waals surface area contributed by atoms with E-state index in [0.717, 1.165) is 34.4 Å². The predicted octanol–water partition coefficient (Wildman–Crippen LogP) is 5.12. The van der Waals surface area contributed by atoms with E-state index in [1.54, 1.807) is 14.0 Å². The van der Waals surface area contributed by atoms with Crippen LogP contribution in [0.25, 0.3) is 11.1 Å². The zero-order valence-electron chi connectivity index (χ0n) is 17.9. The molecule has 0 saturated heterocycles. The maximum absolute atomic E-state index is 14.7. The smallest absolute Gasteiger partial charge is 0.310 e. The summed E-state index contributed by atoms with van der Waals surface area (Å²) in [7, 11) is 1.62. The number of nitrogens with zero attached hydrogens (tertiary/aromatic N) is 1. The average Bonchev–Trinajstić information content (AvgIpc) is 3.19. The lowest BCUT2D eigenvalue weighted by Gasteiger charge is -2.16. The molecule has 0 amide bonds. The number of fused-ring (bicyclic) bond motifs is 1. The van der Waals surface area contributed by atoms with Crippen LogP contribution in [0.1, 0.15) is 29.2 Å². The molecule has 0 aromatic heterocycles. The molecule has 0 fully saturated rings. The van der Waals surface area contributed by atoms with Gasteiger partial charge in [0.2, 0.25) is 0 Å². The van der Waals surface area contributed by atoms with Crippen LogP contribution in [0.3, 0.4) is 0 Å². The third-order valence-electron chi connectivity index (χ3n) is 5.59. The van der Waals surface area contributed by atoms with E-state index in [4.69, 9.17) is 9.47 Å². The van der Waals surface area contributed by atoms with Gasteiger partial charge in [-0.2, -0.15) is 0 Å². The summed E-state index contributed by atoms with van der Waals surface area (Å²) >= 11 is 0. The molecule has 0 unspecified atom stereocenters. The van der Waals surface area contributed by atoms with Gasteiger partial charge in [0, 0.05) is 30.8 Å². The summed E-state index contributed by atoms with van der Waals surface area (Å²) in [6, 6.07) is 19.2. The van der Waals surface area contributed by atoms with Crippen LogP contribution in [0.4, 0.5) is 4.39 Å². The minimum atomic E-state index is -0.267. The van der Waals surface area contributed by atoms with E-state index >= 15 is 0 Å². The Morgan fingerprint density at radius 2 is 1.74 bits per heavy atom. The Morgan fingerprint density at radius 3 is 2.48 bits per heavy atom. The van der Waals surface area contributed by atoms with Crippen LogP contribution in [0.5, 0.6) is 5.75 Å². The third kappa shape index (κ3) is 4.62. The quantitative estimate of drug-likeness (QED) is 0.498. The second-order valence-electron chi connectivity index (χ2n) is 7.70. The van der Waals surface area contributed by atoms with Gasteiger partial charge in [0.05, 0.1) is 20.1 Å². The maximum atomic E-state index is 14.7. The van der Waals surface area contributed by atoms with Gasteiger partial charge in [0.25, 0.3) is 0 Å². The third-order valence-corrected chi connectivity index (χ3v) is 5.59. The fourth-order valence-corrected chi connectivity index (χ4v) is 4.18. The van der Waals surface area contributed by atoms with Gasteiger partial charge >= 0.3 is 5.97 Å². The summed E-state index contributed by atoms with van der Waals surface area (Å²) < 4.78 is 25.4. The van der Waals surface area contributed by atoms with Crippen LogP contribution < -0.4 is 4.74 Å². The van der Waals surface area contributed by atoms with Crippen LogP contribution in [0.15, 0.2) is 60.7 Å². The summed E-state index contributed by atoms with van der Waals surface area (Å²) in [4.78, 5) is 14.2. The molecule has 3 aromatic rings. The highest BCUT2D eigenvalue weighted by molar-refractivity contribution is 5.78. The lowest BCUT2D eigenvalue weighted by molar-refractivity contribution is -0.142. The minimum Gasteiger partial charge on any atom is -0.496 e. The Balaban J connectivity index is 1.67. The Bertz CT molecular complexity index is 1080. The van der Waals surface area contributed by atoms with Crippen LogP contribution >= 0.6 is 0 Å². The highest BCUT2D eigenvalue weighted by atomic mass is 19.1. The standard InChI is InChI=1S/C26H26FNO3/c1-3-31-26(29)14-19-9-12-25(30-2)21(13-19)20-10-11-24(27)23-17-28(16-22(20)23)15-18-7-5-4-6-8-18/h4-13H,3,14-17H2,1-2H3. The first kappa shape index (κ1) is 21.1. The number of halogens is 1. The number of hydrogen-bond donors (Lipinski definition) is 0. The predicted molar refractivity (Wildman–Crippen MR) is 118 cm³/mol. The monoisotopic (exact) mass is 419 g/mol. The molecule has 0 aliphatic carbocycles. The highest BCUT2D eigenvalue weighted by Gasteiger charge is 2.26. The molecule has 0 N–H and O–H groups in total. The summed E-state index contributed by atoms with van der Waals surface area (Å²) in [5.74, 6) is 0.246. The molecular weight excluding hydrogens is 393 g/mol. The van der Waals surface area contributed by atoms with Gasteiger partial charge in [-0.05, 0) is 47.4 Å². The van der Waals surface area contributed by atoms with Crippen molar-refractivity contribution in [2.75, 3.05) is 13.7 Å². The maximum Gasteiger partial charge on any atom is 0.310 e. The lowest BCUT2D eigenvalue weighted by Crippen LogP contribution is -2.15. The summed E-state index contributed by atoms with van der Waals surface area (Å²) in [6.45, 7) is 4.12. The molecule has 5 heteroatoms. The van der Waals surface area contributed by atoms with Gasteiger partial charge in [-0.25, -0.2) is 4.39 Å². The molecule has 1 aliphatic heterocycles. The van der Waals surface area contributed by atoms with E-state index in [2.05, 4.69) is 17.0 Å². The van der Waals surface area contributed by atoms with E-state index in [0.29, 0.717) is 25.4 Å². The van der Waals surface area contributed by atoms with Crippen LogP contribution in [0.2, 0.25) is 0 Å². The second kappa shape index (κ2) is 9.31. The van der Waals surface area contributed by atoms with E-state index in [1.165, 1.54) is 11.6 Å². The average molecular weight is 419 g/mol.